The van der Waals surface area contributed by atoms with Gasteiger partial charge in [-0.2, -0.15) is 0 Å². The quantitative estimate of drug-likeness (QED) is 0.663. The zero-order valence-electron chi connectivity index (χ0n) is 8.53. The van der Waals surface area contributed by atoms with E-state index in [2.05, 4.69) is 10.2 Å². The van der Waals surface area contributed by atoms with Crippen LogP contribution in [0.5, 0.6) is 0 Å². The number of aromatic nitrogens is 3. The molecule has 0 aliphatic heterocycles. The number of hydrogen-bond acceptors (Lipinski definition) is 3. The molecule has 0 fully saturated rings. The van der Waals surface area contributed by atoms with Crippen molar-refractivity contribution in [1.82, 2.24) is 14.8 Å². The zero-order chi connectivity index (χ0) is 10.1. The van der Waals surface area contributed by atoms with Crippen LogP contribution in [0.3, 0.4) is 0 Å². The summed E-state index contributed by atoms with van der Waals surface area (Å²) in [5.74, 6) is 0.488. The highest BCUT2D eigenvalue weighted by atomic mass is 16.1. The highest BCUT2D eigenvalue weighted by Gasteiger charge is 2.29. The minimum Gasteiger partial charge on any atom is -0.314 e. The molecular weight excluding hydrogens is 166 g/mol. The van der Waals surface area contributed by atoms with Crippen molar-refractivity contribution in [1.29, 1.82) is 0 Å². The second kappa shape index (κ2) is 3.28. The van der Waals surface area contributed by atoms with Gasteiger partial charge in [-0.15, -0.1) is 10.2 Å². The van der Waals surface area contributed by atoms with Gasteiger partial charge in [-0.05, 0) is 6.42 Å². The second-order valence-electron chi connectivity index (χ2n) is 3.83. The van der Waals surface area contributed by atoms with Crippen molar-refractivity contribution in [2.45, 2.75) is 27.2 Å². The lowest BCUT2D eigenvalue weighted by atomic mass is 9.85. The summed E-state index contributed by atoms with van der Waals surface area (Å²) in [5.41, 5.74) is -0.346. The fourth-order valence-electron chi connectivity index (χ4n) is 0.952. The first-order valence-electron chi connectivity index (χ1n) is 4.38. The van der Waals surface area contributed by atoms with E-state index in [4.69, 9.17) is 0 Å². The summed E-state index contributed by atoms with van der Waals surface area (Å²) in [5, 5.41) is 7.48. The maximum atomic E-state index is 11.9. The minimum absolute atomic E-state index is 0.0509. The van der Waals surface area contributed by atoms with Gasteiger partial charge in [0.25, 0.3) is 0 Å². The first-order valence-corrected chi connectivity index (χ1v) is 4.38. The molecule has 0 aliphatic rings. The third-order valence-electron chi connectivity index (χ3n) is 2.41. The number of Topliss-reactive ketones (excluding diaryl/α,β-unsaturated/α-hetero) is 1. The molecule has 1 rings (SSSR count). The van der Waals surface area contributed by atoms with Crippen LogP contribution < -0.4 is 0 Å². The average Bonchev–Trinajstić information content (AvgIpc) is 2.50. The van der Waals surface area contributed by atoms with Gasteiger partial charge < -0.3 is 4.57 Å². The van der Waals surface area contributed by atoms with Crippen LogP contribution in [0.25, 0.3) is 0 Å². The van der Waals surface area contributed by atoms with Gasteiger partial charge >= 0.3 is 0 Å². The molecule has 0 saturated carbocycles. The molecule has 0 unspecified atom stereocenters. The predicted molar refractivity (Wildman–Crippen MR) is 49.4 cm³/mol. The summed E-state index contributed by atoms with van der Waals surface area (Å²) in [6.07, 6.45) is 2.34. The van der Waals surface area contributed by atoms with Gasteiger partial charge in [-0.1, -0.05) is 20.8 Å². The van der Waals surface area contributed by atoms with Crippen molar-refractivity contribution in [3.8, 4) is 0 Å². The van der Waals surface area contributed by atoms with Crippen molar-refractivity contribution in [3.63, 3.8) is 0 Å². The molecule has 0 amide bonds. The Balaban J connectivity index is 2.98. The van der Waals surface area contributed by atoms with E-state index in [0.717, 1.165) is 6.42 Å². The standard InChI is InChI=1S/C9H15N3O/c1-5-9(2,3)7(13)8-11-10-6-12(8)4/h6H,5H2,1-4H3. The third-order valence-corrected chi connectivity index (χ3v) is 2.41. The molecule has 72 valence electrons. The van der Waals surface area contributed by atoms with Crippen LogP contribution in [0.4, 0.5) is 0 Å². The van der Waals surface area contributed by atoms with E-state index in [1.54, 1.807) is 17.9 Å². The Morgan fingerprint density at radius 2 is 2.23 bits per heavy atom. The predicted octanol–water partition coefficient (Wildman–Crippen LogP) is 1.43. The largest absolute Gasteiger partial charge is 0.314 e. The number of nitrogens with zero attached hydrogens (tertiary/aromatic N) is 3. The monoisotopic (exact) mass is 181 g/mol. The Kier molecular flexibility index (Phi) is 2.50. The van der Waals surface area contributed by atoms with E-state index in [1.807, 2.05) is 20.8 Å². The number of hydrogen-bond donors (Lipinski definition) is 0. The molecule has 13 heavy (non-hydrogen) atoms. The van der Waals surface area contributed by atoms with Gasteiger partial charge in [0.2, 0.25) is 5.78 Å². The zero-order valence-corrected chi connectivity index (χ0v) is 8.53. The lowest BCUT2D eigenvalue weighted by molar-refractivity contribution is 0.0817. The highest BCUT2D eigenvalue weighted by molar-refractivity contribution is 5.96. The van der Waals surface area contributed by atoms with Gasteiger partial charge in [-0.3, -0.25) is 4.79 Å². The molecular formula is C9H15N3O. The number of carbonyl (C=O) groups excluding carboxylic acids is 1. The summed E-state index contributed by atoms with van der Waals surface area (Å²) in [6, 6.07) is 0. The van der Waals surface area contributed by atoms with Crippen molar-refractivity contribution >= 4 is 5.78 Å². The molecule has 0 saturated heterocycles. The van der Waals surface area contributed by atoms with Crippen LogP contribution in [0.15, 0.2) is 6.33 Å². The van der Waals surface area contributed by atoms with Gasteiger partial charge in [0.15, 0.2) is 5.82 Å². The van der Waals surface area contributed by atoms with Crippen molar-refractivity contribution in [2.24, 2.45) is 12.5 Å². The summed E-state index contributed by atoms with van der Waals surface area (Å²) in [7, 11) is 1.78. The first kappa shape index (κ1) is 9.89. The van der Waals surface area contributed by atoms with Crippen LogP contribution in [0.2, 0.25) is 0 Å². The molecule has 0 spiro atoms. The van der Waals surface area contributed by atoms with E-state index in [9.17, 15) is 4.79 Å². The van der Waals surface area contributed by atoms with Crippen molar-refractivity contribution < 1.29 is 4.79 Å². The fraction of sp³-hybridized carbons (Fsp3) is 0.667. The molecule has 1 heterocycles. The van der Waals surface area contributed by atoms with E-state index in [-0.39, 0.29) is 11.2 Å². The molecule has 4 heteroatoms. The molecule has 0 aliphatic carbocycles. The number of carbonyl (C=O) groups is 1. The molecule has 0 N–H and O–H groups in total. The van der Waals surface area contributed by atoms with Gasteiger partial charge in [0.05, 0.1) is 0 Å². The smallest absolute Gasteiger partial charge is 0.205 e. The van der Waals surface area contributed by atoms with Gasteiger partial charge in [0.1, 0.15) is 6.33 Å². The molecule has 4 nitrogen and oxygen atoms in total. The van der Waals surface area contributed by atoms with Crippen molar-refractivity contribution in [3.05, 3.63) is 12.2 Å². The van der Waals surface area contributed by atoms with E-state index in [0.29, 0.717) is 5.82 Å². The molecule has 0 bridgehead atoms. The Bertz CT molecular complexity index is 314. The van der Waals surface area contributed by atoms with Crippen LogP contribution in [0.1, 0.15) is 37.8 Å². The molecule has 1 aromatic heterocycles. The topological polar surface area (TPSA) is 47.8 Å². The van der Waals surface area contributed by atoms with Crippen LogP contribution in [0, 0.1) is 5.41 Å². The van der Waals surface area contributed by atoms with Gasteiger partial charge in [-0.25, -0.2) is 0 Å². The number of ketones is 1. The molecule has 0 radical (unpaired) electrons. The second-order valence-corrected chi connectivity index (χ2v) is 3.83. The Labute approximate surface area is 78.0 Å². The average molecular weight is 181 g/mol. The minimum atomic E-state index is -0.346. The van der Waals surface area contributed by atoms with Crippen LogP contribution >= 0.6 is 0 Å². The third kappa shape index (κ3) is 1.76. The number of rotatable bonds is 3. The Hall–Kier alpha value is -1.19. The summed E-state index contributed by atoms with van der Waals surface area (Å²) in [6.45, 7) is 5.84. The van der Waals surface area contributed by atoms with E-state index >= 15 is 0 Å². The summed E-state index contributed by atoms with van der Waals surface area (Å²) in [4.78, 5) is 11.9. The lowest BCUT2D eigenvalue weighted by Gasteiger charge is -2.19. The SMILES string of the molecule is CCC(C)(C)C(=O)c1nncn1C. The van der Waals surface area contributed by atoms with Crippen LogP contribution in [-0.4, -0.2) is 20.5 Å². The maximum absolute atomic E-state index is 11.9. The normalized spacial score (nSPS) is 11.7. The molecule has 1 aromatic rings. The first-order chi connectivity index (χ1) is 5.99. The number of aryl methyl sites for hydroxylation is 1. The van der Waals surface area contributed by atoms with Crippen LogP contribution in [-0.2, 0) is 7.05 Å². The Morgan fingerprint density at radius 1 is 1.62 bits per heavy atom. The Morgan fingerprint density at radius 3 is 2.62 bits per heavy atom. The summed E-state index contributed by atoms with van der Waals surface area (Å²) < 4.78 is 1.65. The molecule has 0 atom stereocenters. The highest BCUT2D eigenvalue weighted by Crippen LogP contribution is 2.23. The summed E-state index contributed by atoms with van der Waals surface area (Å²) >= 11 is 0. The van der Waals surface area contributed by atoms with E-state index < -0.39 is 0 Å². The van der Waals surface area contributed by atoms with E-state index in [1.165, 1.54) is 0 Å². The molecule has 0 aromatic carbocycles. The lowest BCUT2D eigenvalue weighted by Crippen LogP contribution is -2.26. The van der Waals surface area contributed by atoms with Gasteiger partial charge in [0, 0.05) is 12.5 Å². The fourth-order valence-corrected chi connectivity index (χ4v) is 0.952. The van der Waals surface area contributed by atoms with Crippen molar-refractivity contribution in [2.75, 3.05) is 0 Å². The maximum Gasteiger partial charge on any atom is 0.205 e.